The SMILES string of the molecule is CC(C)CSC1(CN)CCC1C. The number of thioether (sulfide) groups is 1. The summed E-state index contributed by atoms with van der Waals surface area (Å²) in [6, 6.07) is 0. The van der Waals surface area contributed by atoms with E-state index in [0.717, 1.165) is 18.4 Å². The van der Waals surface area contributed by atoms with Crippen LogP contribution in [-0.4, -0.2) is 17.0 Å². The van der Waals surface area contributed by atoms with Crippen LogP contribution in [0.15, 0.2) is 0 Å². The Labute approximate surface area is 80.5 Å². The van der Waals surface area contributed by atoms with E-state index in [1.165, 1.54) is 18.6 Å². The Kier molecular flexibility index (Phi) is 3.47. The molecule has 0 aromatic rings. The zero-order valence-electron chi connectivity index (χ0n) is 8.47. The van der Waals surface area contributed by atoms with Crippen molar-refractivity contribution >= 4 is 11.8 Å². The molecule has 1 fully saturated rings. The van der Waals surface area contributed by atoms with Crippen LogP contribution in [0.1, 0.15) is 33.6 Å². The second-order valence-corrected chi connectivity index (χ2v) is 5.85. The molecule has 0 aliphatic heterocycles. The standard InChI is InChI=1S/C10H21NS/c1-8(2)6-12-10(7-11)5-4-9(10)3/h8-9H,4-7,11H2,1-3H3. The molecule has 2 atom stereocenters. The van der Waals surface area contributed by atoms with E-state index in [-0.39, 0.29) is 0 Å². The van der Waals surface area contributed by atoms with E-state index in [9.17, 15) is 0 Å². The molecule has 0 aromatic carbocycles. The van der Waals surface area contributed by atoms with E-state index in [1.54, 1.807) is 0 Å². The summed E-state index contributed by atoms with van der Waals surface area (Å²) in [5.74, 6) is 2.90. The van der Waals surface area contributed by atoms with Gasteiger partial charge in [0.25, 0.3) is 0 Å². The molecular weight excluding hydrogens is 166 g/mol. The van der Waals surface area contributed by atoms with E-state index < -0.39 is 0 Å². The first kappa shape index (κ1) is 10.4. The summed E-state index contributed by atoms with van der Waals surface area (Å²) in [4.78, 5) is 0. The van der Waals surface area contributed by atoms with Crippen molar-refractivity contribution < 1.29 is 0 Å². The molecule has 1 aliphatic rings. The van der Waals surface area contributed by atoms with Crippen molar-refractivity contribution in [1.82, 2.24) is 0 Å². The number of rotatable bonds is 4. The molecule has 12 heavy (non-hydrogen) atoms. The van der Waals surface area contributed by atoms with Gasteiger partial charge in [-0.3, -0.25) is 0 Å². The van der Waals surface area contributed by atoms with Gasteiger partial charge < -0.3 is 5.73 Å². The zero-order valence-corrected chi connectivity index (χ0v) is 9.29. The maximum Gasteiger partial charge on any atom is 0.0307 e. The Morgan fingerprint density at radius 1 is 1.58 bits per heavy atom. The Bertz CT molecular complexity index is 143. The predicted octanol–water partition coefficient (Wildman–Crippen LogP) is 2.50. The molecule has 2 unspecified atom stereocenters. The monoisotopic (exact) mass is 187 g/mol. The van der Waals surface area contributed by atoms with E-state index >= 15 is 0 Å². The molecule has 1 rings (SSSR count). The molecule has 2 N–H and O–H groups in total. The lowest BCUT2D eigenvalue weighted by molar-refractivity contribution is 0.245. The second kappa shape index (κ2) is 4.01. The summed E-state index contributed by atoms with van der Waals surface area (Å²) in [6.45, 7) is 7.76. The van der Waals surface area contributed by atoms with Crippen LogP contribution in [-0.2, 0) is 0 Å². The summed E-state index contributed by atoms with van der Waals surface area (Å²) in [5, 5.41) is 0. The zero-order chi connectivity index (χ0) is 9.19. The van der Waals surface area contributed by atoms with Crippen LogP contribution in [0, 0.1) is 11.8 Å². The van der Waals surface area contributed by atoms with E-state index in [1.807, 2.05) is 0 Å². The van der Waals surface area contributed by atoms with Gasteiger partial charge in [0.2, 0.25) is 0 Å². The molecule has 0 bridgehead atoms. The van der Waals surface area contributed by atoms with E-state index in [0.29, 0.717) is 4.75 Å². The molecule has 0 spiro atoms. The molecular formula is C10H21NS. The van der Waals surface area contributed by atoms with Gasteiger partial charge >= 0.3 is 0 Å². The average Bonchev–Trinajstić information content (AvgIpc) is 2.03. The highest BCUT2D eigenvalue weighted by Crippen LogP contribution is 2.48. The maximum absolute atomic E-state index is 5.82. The Morgan fingerprint density at radius 2 is 2.25 bits per heavy atom. The highest BCUT2D eigenvalue weighted by atomic mass is 32.2. The molecule has 0 heterocycles. The third-order valence-corrected chi connectivity index (χ3v) is 5.13. The van der Waals surface area contributed by atoms with Crippen molar-refractivity contribution in [3.8, 4) is 0 Å². The van der Waals surface area contributed by atoms with Crippen LogP contribution in [0.25, 0.3) is 0 Å². The van der Waals surface area contributed by atoms with Gasteiger partial charge in [-0.15, -0.1) is 0 Å². The molecule has 0 amide bonds. The van der Waals surface area contributed by atoms with Gasteiger partial charge in [0.1, 0.15) is 0 Å². The van der Waals surface area contributed by atoms with Crippen molar-refractivity contribution in [2.75, 3.05) is 12.3 Å². The van der Waals surface area contributed by atoms with E-state index in [2.05, 4.69) is 32.5 Å². The van der Waals surface area contributed by atoms with Crippen molar-refractivity contribution in [1.29, 1.82) is 0 Å². The van der Waals surface area contributed by atoms with Gasteiger partial charge in [0.15, 0.2) is 0 Å². The Hall–Kier alpha value is 0.310. The fraction of sp³-hybridized carbons (Fsp3) is 1.00. The highest BCUT2D eigenvalue weighted by Gasteiger charge is 2.42. The van der Waals surface area contributed by atoms with Crippen LogP contribution < -0.4 is 5.73 Å². The Morgan fingerprint density at radius 3 is 2.50 bits per heavy atom. The summed E-state index contributed by atoms with van der Waals surface area (Å²) in [5.41, 5.74) is 5.82. The summed E-state index contributed by atoms with van der Waals surface area (Å²) >= 11 is 2.10. The molecule has 2 heteroatoms. The topological polar surface area (TPSA) is 26.0 Å². The molecule has 0 radical (unpaired) electrons. The van der Waals surface area contributed by atoms with Crippen molar-refractivity contribution in [2.45, 2.75) is 38.4 Å². The first-order valence-electron chi connectivity index (χ1n) is 4.95. The van der Waals surface area contributed by atoms with Gasteiger partial charge in [-0.25, -0.2) is 0 Å². The van der Waals surface area contributed by atoms with Crippen LogP contribution in [0.5, 0.6) is 0 Å². The van der Waals surface area contributed by atoms with Gasteiger partial charge in [0, 0.05) is 11.3 Å². The average molecular weight is 187 g/mol. The summed E-state index contributed by atoms with van der Waals surface area (Å²) in [7, 11) is 0. The van der Waals surface area contributed by atoms with Gasteiger partial charge in [-0.05, 0) is 30.4 Å². The molecule has 1 nitrogen and oxygen atoms in total. The van der Waals surface area contributed by atoms with Crippen LogP contribution in [0.4, 0.5) is 0 Å². The predicted molar refractivity (Wildman–Crippen MR) is 57.5 cm³/mol. The van der Waals surface area contributed by atoms with Crippen molar-refractivity contribution in [3.05, 3.63) is 0 Å². The minimum Gasteiger partial charge on any atom is -0.329 e. The normalized spacial score (nSPS) is 35.2. The molecule has 1 aliphatic carbocycles. The van der Waals surface area contributed by atoms with Crippen molar-refractivity contribution in [3.63, 3.8) is 0 Å². The lowest BCUT2D eigenvalue weighted by Crippen LogP contribution is -2.49. The number of hydrogen-bond donors (Lipinski definition) is 1. The maximum atomic E-state index is 5.82. The van der Waals surface area contributed by atoms with Crippen LogP contribution in [0.2, 0.25) is 0 Å². The Balaban J connectivity index is 2.35. The second-order valence-electron chi connectivity index (χ2n) is 4.41. The first-order valence-corrected chi connectivity index (χ1v) is 5.93. The lowest BCUT2D eigenvalue weighted by Gasteiger charge is -2.47. The van der Waals surface area contributed by atoms with Gasteiger partial charge in [-0.2, -0.15) is 11.8 Å². The minimum atomic E-state index is 0.449. The quantitative estimate of drug-likeness (QED) is 0.732. The smallest absolute Gasteiger partial charge is 0.0307 e. The van der Waals surface area contributed by atoms with Crippen LogP contribution >= 0.6 is 11.8 Å². The number of nitrogens with two attached hydrogens (primary N) is 1. The van der Waals surface area contributed by atoms with Crippen LogP contribution in [0.3, 0.4) is 0 Å². The molecule has 0 saturated heterocycles. The van der Waals surface area contributed by atoms with Crippen molar-refractivity contribution in [2.24, 2.45) is 17.6 Å². The third-order valence-electron chi connectivity index (χ3n) is 2.95. The molecule has 0 aromatic heterocycles. The first-order chi connectivity index (χ1) is 5.60. The lowest BCUT2D eigenvalue weighted by atomic mass is 9.74. The molecule has 72 valence electrons. The number of hydrogen-bond acceptors (Lipinski definition) is 2. The minimum absolute atomic E-state index is 0.449. The van der Waals surface area contributed by atoms with Gasteiger partial charge in [-0.1, -0.05) is 20.8 Å². The third kappa shape index (κ3) is 1.97. The van der Waals surface area contributed by atoms with Gasteiger partial charge in [0.05, 0.1) is 0 Å². The highest BCUT2D eigenvalue weighted by molar-refractivity contribution is 8.00. The fourth-order valence-corrected chi connectivity index (χ4v) is 3.11. The molecule has 1 saturated carbocycles. The van der Waals surface area contributed by atoms with E-state index in [4.69, 9.17) is 5.73 Å². The summed E-state index contributed by atoms with van der Waals surface area (Å²) in [6.07, 6.45) is 2.71. The fourth-order valence-electron chi connectivity index (χ4n) is 1.66. The largest absolute Gasteiger partial charge is 0.329 e. The summed E-state index contributed by atoms with van der Waals surface area (Å²) < 4.78 is 0.449.